The third-order valence-electron chi connectivity index (χ3n) is 2.16. The van der Waals surface area contributed by atoms with Gasteiger partial charge in [-0.1, -0.05) is 42.0 Å². The Bertz CT molecular complexity index is 357. The van der Waals surface area contributed by atoms with Crippen LogP contribution in [-0.4, -0.2) is 18.3 Å². The van der Waals surface area contributed by atoms with Crippen molar-refractivity contribution in [1.82, 2.24) is 5.32 Å². The molecule has 0 aliphatic heterocycles. The van der Waals surface area contributed by atoms with Gasteiger partial charge in [0.05, 0.1) is 6.42 Å². The Balaban J connectivity index is 2.34. The van der Waals surface area contributed by atoms with Crippen molar-refractivity contribution in [3.8, 4) is 0 Å². The standard InChI is InChI=1S/C13H16ClNO/c1-11-4-6-12(7-5-11)10-13(16)15-9-3-2-8-14/h2-7H,8-10H2,1H3,(H,15,16)/b3-2+. The fourth-order valence-corrected chi connectivity index (χ4v) is 1.40. The Morgan fingerprint density at radius 3 is 2.62 bits per heavy atom. The van der Waals surface area contributed by atoms with Crippen molar-refractivity contribution in [3.05, 3.63) is 47.5 Å². The molecule has 86 valence electrons. The van der Waals surface area contributed by atoms with E-state index in [1.54, 1.807) is 0 Å². The molecule has 1 amide bonds. The van der Waals surface area contributed by atoms with Gasteiger partial charge in [-0.25, -0.2) is 0 Å². The molecule has 16 heavy (non-hydrogen) atoms. The van der Waals surface area contributed by atoms with Crippen LogP contribution in [0.5, 0.6) is 0 Å². The Labute approximate surface area is 101 Å². The van der Waals surface area contributed by atoms with Crippen LogP contribution in [0.1, 0.15) is 11.1 Å². The summed E-state index contributed by atoms with van der Waals surface area (Å²) in [5.74, 6) is 0.511. The van der Waals surface area contributed by atoms with E-state index in [0.717, 1.165) is 5.56 Å². The van der Waals surface area contributed by atoms with Crippen molar-refractivity contribution in [3.63, 3.8) is 0 Å². The van der Waals surface area contributed by atoms with Gasteiger partial charge in [-0.3, -0.25) is 4.79 Å². The lowest BCUT2D eigenvalue weighted by atomic mass is 10.1. The normalized spacial score (nSPS) is 10.6. The van der Waals surface area contributed by atoms with E-state index >= 15 is 0 Å². The Hall–Kier alpha value is -1.28. The highest BCUT2D eigenvalue weighted by Gasteiger charge is 2.00. The van der Waals surface area contributed by atoms with Gasteiger partial charge >= 0.3 is 0 Å². The third-order valence-corrected chi connectivity index (χ3v) is 2.34. The first-order valence-electron chi connectivity index (χ1n) is 5.25. The number of carbonyl (C=O) groups is 1. The summed E-state index contributed by atoms with van der Waals surface area (Å²) >= 11 is 5.46. The van der Waals surface area contributed by atoms with Crippen molar-refractivity contribution in [1.29, 1.82) is 0 Å². The molecule has 0 atom stereocenters. The van der Waals surface area contributed by atoms with Crippen LogP contribution < -0.4 is 5.32 Å². The Morgan fingerprint density at radius 1 is 1.31 bits per heavy atom. The van der Waals surface area contributed by atoms with Gasteiger partial charge in [0.25, 0.3) is 0 Å². The van der Waals surface area contributed by atoms with Crippen LogP contribution >= 0.6 is 11.6 Å². The Morgan fingerprint density at radius 2 is 2.00 bits per heavy atom. The van der Waals surface area contributed by atoms with E-state index in [0.29, 0.717) is 18.8 Å². The zero-order valence-electron chi connectivity index (χ0n) is 9.37. The van der Waals surface area contributed by atoms with Crippen LogP contribution in [0.15, 0.2) is 36.4 Å². The summed E-state index contributed by atoms with van der Waals surface area (Å²) in [4.78, 5) is 11.5. The summed E-state index contributed by atoms with van der Waals surface area (Å²) in [6.45, 7) is 2.57. The molecule has 0 aliphatic rings. The van der Waals surface area contributed by atoms with Gasteiger partial charge in [0.2, 0.25) is 5.91 Å². The highest BCUT2D eigenvalue weighted by atomic mass is 35.5. The van der Waals surface area contributed by atoms with Crippen molar-refractivity contribution >= 4 is 17.5 Å². The number of halogens is 1. The van der Waals surface area contributed by atoms with Crippen LogP contribution in [0.3, 0.4) is 0 Å². The molecule has 0 radical (unpaired) electrons. The fourth-order valence-electron chi connectivity index (χ4n) is 1.27. The van der Waals surface area contributed by atoms with Crippen molar-refractivity contribution in [2.75, 3.05) is 12.4 Å². The van der Waals surface area contributed by atoms with E-state index in [1.165, 1.54) is 5.56 Å². The molecule has 3 heteroatoms. The van der Waals surface area contributed by atoms with Gasteiger partial charge in [-0.2, -0.15) is 0 Å². The first kappa shape index (κ1) is 12.8. The number of amides is 1. The van der Waals surface area contributed by atoms with Crippen LogP contribution in [0, 0.1) is 6.92 Å². The fraction of sp³-hybridized carbons (Fsp3) is 0.308. The summed E-state index contributed by atoms with van der Waals surface area (Å²) < 4.78 is 0. The van der Waals surface area contributed by atoms with E-state index in [1.807, 2.05) is 43.3 Å². The van der Waals surface area contributed by atoms with Crippen molar-refractivity contribution < 1.29 is 4.79 Å². The van der Waals surface area contributed by atoms with Crippen LogP contribution in [0.2, 0.25) is 0 Å². The second-order valence-corrected chi connectivity index (χ2v) is 3.90. The van der Waals surface area contributed by atoms with E-state index in [-0.39, 0.29) is 5.91 Å². The number of nitrogens with one attached hydrogen (secondary N) is 1. The molecule has 0 saturated carbocycles. The number of aryl methyl sites for hydroxylation is 1. The van der Waals surface area contributed by atoms with Gasteiger partial charge in [-0.05, 0) is 12.5 Å². The molecule has 1 aromatic rings. The van der Waals surface area contributed by atoms with E-state index in [4.69, 9.17) is 11.6 Å². The minimum absolute atomic E-state index is 0.0306. The molecule has 2 nitrogen and oxygen atoms in total. The number of benzene rings is 1. The zero-order chi connectivity index (χ0) is 11.8. The molecule has 0 fully saturated rings. The second kappa shape index (κ2) is 7.07. The second-order valence-electron chi connectivity index (χ2n) is 3.59. The lowest BCUT2D eigenvalue weighted by molar-refractivity contribution is -0.120. The summed E-state index contributed by atoms with van der Waals surface area (Å²) in [5, 5.41) is 2.80. The quantitative estimate of drug-likeness (QED) is 0.619. The predicted molar refractivity (Wildman–Crippen MR) is 67.8 cm³/mol. The molecule has 0 aliphatic carbocycles. The molecule has 1 rings (SSSR count). The number of carbonyl (C=O) groups excluding carboxylic acids is 1. The molecular weight excluding hydrogens is 222 g/mol. The molecule has 1 N–H and O–H groups in total. The highest BCUT2D eigenvalue weighted by Crippen LogP contribution is 2.03. The highest BCUT2D eigenvalue weighted by molar-refractivity contribution is 6.18. The number of alkyl halides is 1. The maximum atomic E-state index is 11.5. The van der Waals surface area contributed by atoms with Gasteiger partial charge in [0.1, 0.15) is 0 Å². The molecular formula is C13H16ClNO. The number of allylic oxidation sites excluding steroid dienone is 1. The molecule has 0 aromatic heterocycles. The smallest absolute Gasteiger partial charge is 0.224 e. The maximum absolute atomic E-state index is 11.5. The molecule has 0 heterocycles. The first-order chi connectivity index (χ1) is 7.72. The molecule has 0 saturated heterocycles. The minimum atomic E-state index is 0.0306. The van der Waals surface area contributed by atoms with Crippen LogP contribution in [-0.2, 0) is 11.2 Å². The summed E-state index contributed by atoms with van der Waals surface area (Å²) in [6, 6.07) is 7.97. The summed E-state index contributed by atoms with van der Waals surface area (Å²) in [6.07, 6.45) is 4.09. The topological polar surface area (TPSA) is 29.1 Å². The van der Waals surface area contributed by atoms with Gasteiger partial charge < -0.3 is 5.32 Å². The van der Waals surface area contributed by atoms with E-state index < -0.39 is 0 Å². The lowest BCUT2D eigenvalue weighted by Crippen LogP contribution is -2.25. The van der Waals surface area contributed by atoms with Crippen LogP contribution in [0.25, 0.3) is 0 Å². The monoisotopic (exact) mass is 237 g/mol. The minimum Gasteiger partial charge on any atom is -0.352 e. The van der Waals surface area contributed by atoms with Gasteiger partial charge in [0, 0.05) is 12.4 Å². The predicted octanol–water partition coefficient (Wildman–Crippen LogP) is 2.45. The van der Waals surface area contributed by atoms with Crippen LogP contribution in [0.4, 0.5) is 0 Å². The number of rotatable bonds is 5. The molecule has 0 bridgehead atoms. The summed E-state index contributed by atoms with van der Waals surface area (Å²) in [7, 11) is 0. The SMILES string of the molecule is Cc1ccc(CC(=O)NC/C=C/CCl)cc1. The molecule has 0 unspecified atom stereocenters. The number of hydrogen-bond acceptors (Lipinski definition) is 1. The Kier molecular flexibility index (Phi) is 5.65. The van der Waals surface area contributed by atoms with Crippen molar-refractivity contribution in [2.24, 2.45) is 0 Å². The van der Waals surface area contributed by atoms with Gasteiger partial charge in [-0.15, -0.1) is 11.6 Å². The van der Waals surface area contributed by atoms with Gasteiger partial charge in [0.15, 0.2) is 0 Å². The largest absolute Gasteiger partial charge is 0.352 e. The third kappa shape index (κ3) is 4.99. The molecule has 0 spiro atoms. The average molecular weight is 238 g/mol. The zero-order valence-corrected chi connectivity index (χ0v) is 10.1. The van der Waals surface area contributed by atoms with Crippen molar-refractivity contribution in [2.45, 2.75) is 13.3 Å². The first-order valence-corrected chi connectivity index (χ1v) is 5.79. The number of hydrogen-bond donors (Lipinski definition) is 1. The summed E-state index contributed by atoms with van der Waals surface area (Å²) in [5.41, 5.74) is 2.23. The average Bonchev–Trinajstić information content (AvgIpc) is 2.28. The maximum Gasteiger partial charge on any atom is 0.224 e. The lowest BCUT2D eigenvalue weighted by Gasteiger charge is -2.02. The molecule has 1 aromatic carbocycles. The van der Waals surface area contributed by atoms with E-state index in [9.17, 15) is 4.79 Å². The van der Waals surface area contributed by atoms with E-state index in [2.05, 4.69) is 5.32 Å².